The van der Waals surface area contributed by atoms with Gasteiger partial charge in [-0.05, 0) is 56.8 Å². The first-order valence-corrected chi connectivity index (χ1v) is 9.38. The van der Waals surface area contributed by atoms with Crippen molar-refractivity contribution >= 4 is 40.1 Å². The highest BCUT2D eigenvalue weighted by molar-refractivity contribution is 8.23. The zero-order valence-electron chi connectivity index (χ0n) is 15.1. The average Bonchev–Trinajstić information content (AvgIpc) is 2.59. The van der Waals surface area contributed by atoms with E-state index >= 15 is 0 Å². The van der Waals surface area contributed by atoms with Crippen LogP contribution in [0.4, 0.5) is 0 Å². The number of hydrogen-bond acceptors (Lipinski definition) is 6. The number of methoxy groups -OCH3 is 1. The van der Waals surface area contributed by atoms with E-state index in [0.717, 1.165) is 0 Å². The van der Waals surface area contributed by atoms with Crippen molar-refractivity contribution in [1.29, 1.82) is 0 Å². The fraction of sp³-hybridized carbons (Fsp3) is 0.500. The van der Waals surface area contributed by atoms with Crippen LogP contribution in [0.2, 0.25) is 0 Å². The van der Waals surface area contributed by atoms with Gasteiger partial charge in [-0.25, -0.2) is 0 Å². The highest BCUT2D eigenvalue weighted by Gasteiger charge is 2.20. The Kier molecular flexibility index (Phi) is 9.52. The van der Waals surface area contributed by atoms with Crippen LogP contribution in [0.15, 0.2) is 24.3 Å². The predicted molar refractivity (Wildman–Crippen MR) is 105 cm³/mol. The highest BCUT2D eigenvalue weighted by atomic mass is 32.2. The summed E-state index contributed by atoms with van der Waals surface area (Å²) in [6, 6.07) is 6.99. The number of carbonyl (C=O) groups is 2. The molecule has 0 aliphatic rings. The number of amides is 1. The molecule has 1 unspecified atom stereocenters. The van der Waals surface area contributed by atoms with E-state index < -0.39 is 0 Å². The summed E-state index contributed by atoms with van der Waals surface area (Å²) in [6.07, 6.45) is 1.10. The Hall–Kier alpha value is -1.60. The van der Waals surface area contributed by atoms with Gasteiger partial charge in [0.25, 0.3) is 5.91 Å². The Morgan fingerprint density at radius 2 is 1.92 bits per heavy atom. The fourth-order valence-corrected chi connectivity index (χ4v) is 3.70. The molecule has 0 aliphatic heterocycles. The van der Waals surface area contributed by atoms with Crippen molar-refractivity contribution in [3.63, 3.8) is 0 Å². The Bertz CT molecular complexity index is 589. The van der Waals surface area contributed by atoms with E-state index in [1.165, 1.54) is 11.8 Å². The number of hydrogen-bond donors (Lipinski definition) is 0. The molecule has 0 saturated carbocycles. The Balaban J connectivity index is 2.72. The maximum atomic E-state index is 12.6. The van der Waals surface area contributed by atoms with Gasteiger partial charge in [-0.1, -0.05) is 11.8 Å². The minimum Gasteiger partial charge on any atom is -0.497 e. The third kappa shape index (κ3) is 7.88. The molecule has 0 aliphatic carbocycles. The van der Waals surface area contributed by atoms with E-state index in [1.807, 2.05) is 6.92 Å². The van der Waals surface area contributed by atoms with Crippen molar-refractivity contribution < 1.29 is 19.1 Å². The lowest BCUT2D eigenvalue weighted by Gasteiger charge is -2.24. The number of carbonyl (C=O) groups excluding carboxylic acids is 2. The minimum absolute atomic E-state index is 0.00940. The zero-order chi connectivity index (χ0) is 18.8. The molecule has 0 bridgehead atoms. The lowest BCUT2D eigenvalue weighted by Crippen LogP contribution is -2.34. The summed E-state index contributed by atoms with van der Waals surface area (Å²) in [7, 11) is 3.33. The Morgan fingerprint density at radius 3 is 2.44 bits per heavy atom. The van der Waals surface area contributed by atoms with Crippen LogP contribution >= 0.6 is 24.0 Å². The summed E-state index contributed by atoms with van der Waals surface area (Å²) in [4.78, 5) is 25.5. The van der Waals surface area contributed by atoms with Crippen molar-refractivity contribution in [2.24, 2.45) is 0 Å². The third-order valence-corrected chi connectivity index (χ3v) is 4.94. The molecule has 0 radical (unpaired) electrons. The molecule has 0 aromatic heterocycles. The monoisotopic (exact) mass is 383 g/mol. The first-order valence-electron chi connectivity index (χ1n) is 8.09. The standard InChI is InChI=1S/C18H25NO4S2/c1-5-23-18(24)25-16(11-6-13(2)20)12-19(3)17(21)14-7-9-15(22-4)10-8-14/h7-10,16H,5-6,11-12H2,1-4H3. The molecule has 1 atom stereocenters. The van der Waals surface area contributed by atoms with Gasteiger partial charge >= 0.3 is 0 Å². The quantitative estimate of drug-likeness (QED) is 0.608. The summed E-state index contributed by atoms with van der Waals surface area (Å²) < 4.78 is 10.9. The molecule has 1 aromatic rings. The molecule has 0 saturated heterocycles. The van der Waals surface area contributed by atoms with Gasteiger partial charge in [0.05, 0.1) is 13.7 Å². The number of rotatable bonds is 9. The van der Waals surface area contributed by atoms with Gasteiger partial charge in [-0.3, -0.25) is 4.79 Å². The molecule has 25 heavy (non-hydrogen) atoms. The van der Waals surface area contributed by atoms with Gasteiger partial charge in [0.1, 0.15) is 11.5 Å². The molecule has 0 spiro atoms. The molecule has 138 valence electrons. The van der Waals surface area contributed by atoms with Gasteiger partial charge in [-0.15, -0.1) is 0 Å². The van der Waals surface area contributed by atoms with Gasteiger partial charge in [-0.2, -0.15) is 0 Å². The van der Waals surface area contributed by atoms with E-state index in [0.29, 0.717) is 41.7 Å². The van der Waals surface area contributed by atoms with Crippen molar-refractivity contribution in [1.82, 2.24) is 4.90 Å². The summed E-state index contributed by atoms with van der Waals surface area (Å²) in [5.41, 5.74) is 0.589. The van der Waals surface area contributed by atoms with Crippen LogP contribution in [0.1, 0.15) is 37.0 Å². The summed E-state index contributed by atoms with van der Waals surface area (Å²) in [5.74, 6) is 0.742. The first-order chi connectivity index (χ1) is 11.9. The van der Waals surface area contributed by atoms with Gasteiger partial charge < -0.3 is 19.2 Å². The molecular formula is C18H25NO4S2. The zero-order valence-corrected chi connectivity index (χ0v) is 16.7. The van der Waals surface area contributed by atoms with Gasteiger partial charge in [0, 0.05) is 30.8 Å². The molecular weight excluding hydrogens is 358 g/mol. The smallest absolute Gasteiger partial charge is 0.253 e. The van der Waals surface area contributed by atoms with E-state index in [1.54, 1.807) is 50.2 Å². The molecule has 0 fully saturated rings. The molecule has 0 N–H and O–H groups in total. The van der Waals surface area contributed by atoms with Crippen molar-refractivity contribution in [2.45, 2.75) is 31.9 Å². The highest BCUT2D eigenvalue weighted by Crippen LogP contribution is 2.21. The van der Waals surface area contributed by atoms with Crippen molar-refractivity contribution in [2.75, 3.05) is 27.3 Å². The van der Waals surface area contributed by atoms with Crippen molar-refractivity contribution in [3.8, 4) is 5.75 Å². The second-order valence-electron chi connectivity index (χ2n) is 5.58. The molecule has 1 rings (SSSR count). The Labute approximate surface area is 159 Å². The van der Waals surface area contributed by atoms with E-state index in [2.05, 4.69) is 0 Å². The van der Waals surface area contributed by atoms with Gasteiger partial charge in [0.15, 0.2) is 0 Å². The molecule has 1 aromatic carbocycles. The van der Waals surface area contributed by atoms with Crippen LogP contribution in [0, 0.1) is 0 Å². The molecule has 7 heteroatoms. The lowest BCUT2D eigenvalue weighted by molar-refractivity contribution is -0.117. The number of ether oxygens (including phenoxy) is 2. The number of thiocarbonyl (C=S) groups is 1. The second kappa shape index (κ2) is 11.1. The van der Waals surface area contributed by atoms with Crippen LogP contribution in [0.3, 0.4) is 0 Å². The van der Waals surface area contributed by atoms with E-state index in [9.17, 15) is 9.59 Å². The summed E-state index contributed by atoms with van der Waals surface area (Å²) >= 11 is 6.59. The van der Waals surface area contributed by atoms with E-state index in [-0.39, 0.29) is 16.9 Å². The number of ketones is 1. The summed E-state index contributed by atoms with van der Waals surface area (Å²) in [6.45, 7) is 4.42. The fourth-order valence-electron chi connectivity index (χ4n) is 2.18. The topological polar surface area (TPSA) is 55.8 Å². The van der Waals surface area contributed by atoms with Crippen LogP contribution in [-0.4, -0.2) is 53.5 Å². The lowest BCUT2D eigenvalue weighted by atomic mass is 10.1. The predicted octanol–water partition coefficient (Wildman–Crippen LogP) is 3.56. The Morgan fingerprint density at radius 1 is 1.28 bits per heavy atom. The third-order valence-electron chi connectivity index (χ3n) is 3.50. The maximum Gasteiger partial charge on any atom is 0.253 e. The maximum absolute atomic E-state index is 12.6. The number of Topliss-reactive ketones (excluding diaryl/α,β-unsaturated/α-hetero) is 1. The second-order valence-corrected chi connectivity index (χ2v) is 7.48. The van der Waals surface area contributed by atoms with Gasteiger partial charge in [0.2, 0.25) is 4.38 Å². The molecule has 0 heterocycles. The normalized spacial score (nSPS) is 11.5. The largest absolute Gasteiger partial charge is 0.497 e. The molecule has 5 nitrogen and oxygen atoms in total. The van der Waals surface area contributed by atoms with Crippen molar-refractivity contribution in [3.05, 3.63) is 29.8 Å². The van der Waals surface area contributed by atoms with Crippen LogP contribution in [0.5, 0.6) is 5.75 Å². The SMILES string of the molecule is CCOC(=S)SC(CCC(C)=O)CN(C)C(=O)c1ccc(OC)cc1. The number of nitrogens with zero attached hydrogens (tertiary/aromatic N) is 1. The number of thioether (sulfide) groups is 1. The summed E-state index contributed by atoms with van der Waals surface area (Å²) in [5, 5.41) is 0.00940. The minimum atomic E-state index is -0.0848. The van der Waals surface area contributed by atoms with Crippen LogP contribution < -0.4 is 4.74 Å². The average molecular weight is 384 g/mol. The number of benzene rings is 1. The first kappa shape index (κ1) is 21.4. The molecule has 1 amide bonds. The van der Waals surface area contributed by atoms with E-state index in [4.69, 9.17) is 21.7 Å². The van der Waals surface area contributed by atoms with Crippen LogP contribution in [0.25, 0.3) is 0 Å². The van der Waals surface area contributed by atoms with Crippen LogP contribution in [-0.2, 0) is 9.53 Å².